The second-order valence-electron chi connectivity index (χ2n) is 4.87. The fourth-order valence-electron chi connectivity index (χ4n) is 2.24. The molecule has 0 saturated carbocycles. The van der Waals surface area contributed by atoms with E-state index in [9.17, 15) is 9.59 Å². The van der Waals surface area contributed by atoms with Gasteiger partial charge in [-0.05, 0) is 19.4 Å². The van der Waals surface area contributed by atoms with E-state index in [1.54, 1.807) is 16.8 Å². The molecule has 0 atom stereocenters. The van der Waals surface area contributed by atoms with E-state index in [0.717, 1.165) is 11.1 Å². The summed E-state index contributed by atoms with van der Waals surface area (Å²) in [6.45, 7) is 5.43. The van der Waals surface area contributed by atoms with Crippen LogP contribution in [0.15, 0.2) is 18.2 Å². The van der Waals surface area contributed by atoms with E-state index in [1.807, 2.05) is 32.0 Å². The van der Waals surface area contributed by atoms with Crippen LogP contribution < -0.4 is 0 Å². The molecule has 4 heteroatoms. The molecule has 0 N–H and O–H groups in total. The molecule has 2 amide bonds. The fraction of sp³-hybridized carbons (Fsp3) is 0.429. The van der Waals surface area contributed by atoms with Crippen LogP contribution in [-0.4, -0.2) is 48.3 Å². The Morgan fingerprint density at radius 3 is 2.56 bits per heavy atom. The quantitative estimate of drug-likeness (QED) is 0.764. The molecule has 96 valence electrons. The van der Waals surface area contributed by atoms with Gasteiger partial charge in [0.05, 0.1) is 6.54 Å². The molecule has 0 bridgehead atoms. The van der Waals surface area contributed by atoms with Crippen LogP contribution in [0.2, 0.25) is 0 Å². The third-order valence-electron chi connectivity index (χ3n) is 3.32. The molecule has 0 unspecified atom stereocenters. The van der Waals surface area contributed by atoms with E-state index in [-0.39, 0.29) is 18.4 Å². The standard InChI is InChI=1S/C14H18N2O2/c1-10-4-5-12(11(2)8-10)13(17)9-16-7-6-15(3)14(16)18/h4-5,8H,6-7,9H2,1-3H3. The van der Waals surface area contributed by atoms with E-state index < -0.39 is 0 Å². The van der Waals surface area contributed by atoms with Crippen LogP contribution in [0.3, 0.4) is 0 Å². The lowest BCUT2D eigenvalue weighted by molar-refractivity contribution is 0.0951. The molecule has 18 heavy (non-hydrogen) atoms. The molecule has 0 aliphatic carbocycles. The molecular formula is C14H18N2O2. The smallest absolute Gasteiger partial charge is 0.320 e. The topological polar surface area (TPSA) is 40.6 Å². The average molecular weight is 246 g/mol. The van der Waals surface area contributed by atoms with E-state index >= 15 is 0 Å². The maximum absolute atomic E-state index is 12.2. The highest BCUT2D eigenvalue weighted by Gasteiger charge is 2.27. The molecule has 1 fully saturated rings. The van der Waals surface area contributed by atoms with Crippen LogP contribution in [0.25, 0.3) is 0 Å². The van der Waals surface area contributed by atoms with Gasteiger partial charge in [0.15, 0.2) is 5.78 Å². The summed E-state index contributed by atoms with van der Waals surface area (Å²) in [5.74, 6) is 0.0103. The van der Waals surface area contributed by atoms with Crippen LogP contribution >= 0.6 is 0 Å². The fourth-order valence-corrected chi connectivity index (χ4v) is 2.24. The molecule has 1 aromatic carbocycles. The summed E-state index contributed by atoms with van der Waals surface area (Å²) in [7, 11) is 1.75. The molecule has 1 aliphatic rings. The number of aryl methyl sites for hydroxylation is 2. The van der Waals surface area contributed by atoms with Gasteiger partial charge in [-0.25, -0.2) is 4.79 Å². The molecule has 0 aromatic heterocycles. The number of ketones is 1. The first-order valence-electron chi connectivity index (χ1n) is 6.09. The normalized spacial score (nSPS) is 15.4. The lowest BCUT2D eigenvalue weighted by Gasteiger charge is -2.15. The van der Waals surface area contributed by atoms with Gasteiger partial charge in [0.2, 0.25) is 0 Å². The Labute approximate surface area is 107 Å². The highest BCUT2D eigenvalue weighted by molar-refractivity contribution is 6.00. The largest absolute Gasteiger partial charge is 0.326 e. The van der Waals surface area contributed by atoms with Crippen molar-refractivity contribution in [1.29, 1.82) is 0 Å². The number of hydrogen-bond donors (Lipinski definition) is 0. The van der Waals surface area contributed by atoms with E-state index in [4.69, 9.17) is 0 Å². The zero-order valence-electron chi connectivity index (χ0n) is 11.1. The number of urea groups is 1. The summed E-state index contributed by atoms with van der Waals surface area (Å²) in [4.78, 5) is 27.1. The molecule has 0 radical (unpaired) electrons. The third kappa shape index (κ3) is 2.37. The summed E-state index contributed by atoms with van der Waals surface area (Å²) >= 11 is 0. The highest BCUT2D eigenvalue weighted by atomic mass is 16.2. The third-order valence-corrected chi connectivity index (χ3v) is 3.32. The van der Waals surface area contributed by atoms with Gasteiger partial charge < -0.3 is 9.80 Å². The Morgan fingerprint density at radius 2 is 2.00 bits per heavy atom. The molecule has 1 heterocycles. The number of carbonyl (C=O) groups excluding carboxylic acids is 2. The van der Waals surface area contributed by atoms with Crippen LogP contribution in [0.1, 0.15) is 21.5 Å². The second kappa shape index (κ2) is 4.80. The maximum atomic E-state index is 12.2. The minimum atomic E-state index is -0.0619. The van der Waals surface area contributed by atoms with Gasteiger partial charge in [0.25, 0.3) is 0 Å². The molecule has 0 spiro atoms. The number of amides is 2. The van der Waals surface area contributed by atoms with Crippen molar-refractivity contribution in [2.45, 2.75) is 13.8 Å². The van der Waals surface area contributed by atoms with Crippen molar-refractivity contribution in [1.82, 2.24) is 9.80 Å². The van der Waals surface area contributed by atoms with Gasteiger partial charge in [-0.1, -0.05) is 23.8 Å². The predicted octanol–water partition coefficient (Wildman–Crippen LogP) is 1.85. The van der Waals surface area contributed by atoms with Crippen molar-refractivity contribution in [2.75, 3.05) is 26.7 Å². The van der Waals surface area contributed by atoms with Crippen LogP contribution in [0.4, 0.5) is 4.79 Å². The Balaban J connectivity index is 2.11. The number of rotatable bonds is 3. The molecule has 1 saturated heterocycles. The van der Waals surface area contributed by atoms with Crippen molar-refractivity contribution >= 4 is 11.8 Å². The van der Waals surface area contributed by atoms with Crippen molar-refractivity contribution in [3.8, 4) is 0 Å². The van der Waals surface area contributed by atoms with Crippen LogP contribution in [-0.2, 0) is 0 Å². The lowest BCUT2D eigenvalue weighted by atomic mass is 10.0. The molecule has 2 rings (SSSR count). The Morgan fingerprint density at radius 1 is 1.28 bits per heavy atom. The monoisotopic (exact) mass is 246 g/mol. The van der Waals surface area contributed by atoms with Crippen molar-refractivity contribution < 1.29 is 9.59 Å². The molecule has 1 aliphatic heterocycles. The minimum Gasteiger partial charge on any atom is -0.326 e. The zero-order valence-corrected chi connectivity index (χ0v) is 11.1. The Kier molecular flexibility index (Phi) is 3.36. The number of hydrogen-bond acceptors (Lipinski definition) is 2. The van der Waals surface area contributed by atoms with Gasteiger partial charge in [0.1, 0.15) is 0 Å². The van der Waals surface area contributed by atoms with Crippen LogP contribution in [0.5, 0.6) is 0 Å². The second-order valence-corrected chi connectivity index (χ2v) is 4.87. The van der Waals surface area contributed by atoms with Crippen molar-refractivity contribution in [2.24, 2.45) is 0 Å². The molecular weight excluding hydrogens is 228 g/mol. The van der Waals surface area contributed by atoms with Gasteiger partial charge in [0, 0.05) is 25.7 Å². The van der Waals surface area contributed by atoms with E-state index in [0.29, 0.717) is 18.7 Å². The maximum Gasteiger partial charge on any atom is 0.320 e. The first-order valence-corrected chi connectivity index (χ1v) is 6.09. The summed E-state index contributed by atoms with van der Waals surface area (Å²) in [6, 6.07) is 5.70. The SMILES string of the molecule is Cc1ccc(C(=O)CN2CCN(C)C2=O)c(C)c1. The number of Topliss-reactive ketones (excluding diaryl/α,β-unsaturated/α-hetero) is 1. The van der Waals surface area contributed by atoms with Gasteiger partial charge in [-0.15, -0.1) is 0 Å². The Hall–Kier alpha value is -1.84. The summed E-state index contributed by atoms with van der Waals surface area (Å²) < 4.78 is 0. The van der Waals surface area contributed by atoms with Gasteiger partial charge >= 0.3 is 6.03 Å². The first kappa shape index (κ1) is 12.6. The minimum absolute atomic E-state index is 0.0103. The van der Waals surface area contributed by atoms with E-state index in [1.165, 1.54) is 0 Å². The number of carbonyl (C=O) groups is 2. The number of benzene rings is 1. The highest BCUT2D eigenvalue weighted by Crippen LogP contribution is 2.13. The van der Waals surface area contributed by atoms with Crippen molar-refractivity contribution in [3.63, 3.8) is 0 Å². The number of nitrogens with zero attached hydrogens (tertiary/aromatic N) is 2. The first-order chi connectivity index (χ1) is 8.49. The lowest BCUT2D eigenvalue weighted by Crippen LogP contribution is -2.34. The van der Waals surface area contributed by atoms with Crippen LogP contribution in [0, 0.1) is 13.8 Å². The molecule has 4 nitrogen and oxygen atoms in total. The summed E-state index contributed by atoms with van der Waals surface area (Å²) in [5, 5.41) is 0. The van der Waals surface area contributed by atoms with E-state index in [2.05, 4.69) is 0 Å². The number of likely N-dealkylation sites (N-methyl/N-ethyl adjacent to an activating group) is 1. The zero-order chi connectivity index (χ0) is 13.3. The van der Waals surface area contributed by atoms with Gasteiger partial charge in [-0.3, -0.25) is 4.79 Å². The average Bonchev–Trinajstić information content (AvgIpc) is 2.61. The van der Waals surface area contributed by atoms with Gasteiger partial charge in [-0.2, -0.15) is 0 Å². The Bertz CT molecular complexity index is 497. The predicted molar refractivity (Wildman–Crippen MR) is 69.8 cm³/mol. The summed E-state index contributed by atoms with van der Waals surface area (Å²) in [6.07, 6.45) is 0. The summed E-state index contributed by atoms with van der Waals surface area (Å²) in [5.41, 5.74) is 2.82. The van der Waals surface area contributed by atoms with Crippen molar-refractivity contribution in [3.05, 3.63) is 34.9 Å². The molecule has 1 aromatic rings.